The fourth-order valence-corrected chi connectivity index (χ4v) is 3.48. The largest absolute Gasteiger partial charge is 0.323 e. The number of carbonyl (C=O) groups excluding carboxylic acids is 1. The third-order valence-corrected chi connectivity index (χ3v) is 5.24. The monoisotopic (exact) mass is 421 g/mol. The zero-order chi connectivity index (χ0) is 21.3. The molecule has 2 aromatic heterocycles. The first-order valence-electron chi connectivity index (χ1n) is 9.56. The molecule has 1 amide bonds. The highest BCUT2D eigenvalue weighted by Crippen LogP contribution is 2.25. The number of nitrogens with zero attached hydrogens (tertiary/aromatic N) is 4. The van der Waals surface area contributed by atoms with E-state index in [-0.39, 0.29) is 12.5 Å². The average Bonchev–Trinajstić information content (AvgIpc) is 3.18. The van der Waals surface area contributed by atoms with Crippen molar-refractivity contribution in [2.24, 2.45) is 0 Å². The van der Waals surface area contributed by atoms with Crippen LogP contribution in [0.15, 0.2) is 59.7 Å². The Kier molecular flexibility index (Phi) is 5.37. The van der Waals surface area contributed by atoms with E-state index in [0.29, 0.717) is 21.9 Å². The summed E-state index contributed by atoms with van der Waals surface area (Å²) in [6.07, 6.45) is 2.38. The number of amides is 1. The number of rotatable bonds is 5. The molecular formula is C22H20ClN5O2. The first-order chi connectivity index (χ1) is 14.5. The van der Waals surface area contributed by atoms with Gasteiger partial charge in [-0.1, -0.05) is 54.9 Å². The van der Waals surface area contributed by atoms with Crippen LogP contribution in [-0.4, -0.2) is 25.3 Å². The molecule has 8 heteroatoms. The maximum Gasteiger partial charge on any atom is 0.293 e. The number of para-hydroxylation sites is 1. The van der Waals surface area contributed by atoms with Crippen molar-refractivity contribution in [2.45, 2.75) is 26.8 Å². The molecule has 152 valence electrons. The van der Waals surface area contributed by atoms with Crippen LogP contribution in [0.5, 0.6) is 0 Å². The van der Waals surface area contributed by atoms with Gasteiger partial charge in [0.25, 0.3) is 5.56 Å². The molecule has 0 unspecified atom stereocenters. The minimum atomic E-state index is -0.396. The lowest BCUT2D eigenvalue weighted by molar-refractivity contribution is -0.117. The van der Waals surface area contributed by atoms with Gasteiger partial charge in [-0.2, -0.15) is 10.2 Å². The van der Waals surface area contributed by atoms with Gasteiger partial charge in [0.05, 0.1) is 16.4 Å². The van der Waals surface area contributed by atoms with Crippen molar-refractivity contribution < 1.29 is 4.79 Å². The van der Waals surface area contributed by atoms with Crippen LogP contribution in [0.25, 0.3) is 16.8 Å². The molecule has 7 nitrogen and oxygen atoms in total. The molecule has 0 aliphatic heterocycles. The Morgan fingerprint density at radius 1 is 1.17 bits per heavy atom. The predicted octanol–water partition coefficient (Wildman–Crippen LogP) is 3.72. The molecule has 0 saturated carbocycles. The summed E-state index contributed by atoms with van der Waals surface area (Å²) in [5.41, 5.74) is 4.13. The summed E-state index contributed by atoms with van der Waals surface area (Å²) in [5, 5.41) is 11.7. The van der Waals surface area contributed by atoms with Crippen LogP contribution in [0, 0.1) is 6.92 Å². The van der Waals surface area contributed by atoms with Gasteiger partial charge in [0.1, 0.15) is 18.4 Å². The van der Waals surface area contributed by atoms with Crippen LogP contribution < -0.4 is 10.9 Å². The number of anilines is 1. The van der Waals surface area contributed by atoms with Crippen LogP contribution in [0.2, 0.25) is 5.02 Å². The van der Waals surface area contributed by atoms with Gasteiger partial charge in [0.15, 0.2) is 0 Å². The number of hydrogen-bond donors (Lipinski definition) is 1. The third-order valence-electron chi connectivity index (χ3n) is 4.93. The Morgan fingerprint density at radius 3 is 2.63 bits per heavy atom. The molecule has 4 rings (SSSR count). The minimum absolute atomic E-state index is 0.230. The van der Waals surface area contributed by atoms with E-state index in [0.717, 1.165) is 22.2 Å². The summed E-state index contributed by atoms with van der Waals surface area (Å²) < 4.78 is 2.54. The average molecular weight is 422 g/mol. The van der Waals surface area contributed by atoms with Crippen molar-refractivity contribution in [3.63, 3.8) is 0 Å². The highest BCUT2D eigenvalue weighted by atomic mass is 35.5. The molecule has 0 radical (unpaired) electrons. The quantitative estimate of drug-likeness (QED) is 0.532. The highest BCUT2D eigenvalue weighted by molar-refractivity contribution is 6.33. The van der Waals surface area contributed by atoms with E-state index in [2.05, 4.69) is 22.4 Å². The normalized spacial score (nSPS) is 11.0. The molecule has 4 aromatic rings. The van der Waals surface area contributed by atoms with E-state index in [1.165, 1.54) is 16.4 Å². The molecule has 0 aliphatic rings. The summed E-state index contributed by atoms with van der Waals surface area (Å²) in [7, 11) is 0. The van der Waals surface area contributed by atoms with Crippen LogP contribution in [0.1, 0.15) is 18.1 Å². The number of aromatic nitrogens is 4. The number of benzene rings is 2. The number of fused-ring (bicyclic) bond motifs is 1. The van der Waals surface area contributed by atoms with Gasteiger partial charge in [-0.3, -0.25) is 9.59 Å². The van der Waals surface area contributed by atoms with E-state index < -0.39 is 5.56 Å². The van der Waals surface area contributed by atoms with Crippen LogP contribution in [0.3, 0.4) is 0 Å². The second-order valence-corrected chi connectivity index (χ2v) is 7.39. The molecule has 30 heavy (non-hydrogen) atoms. The third kappa shape index (κ3) is 3.84. The van der Waals surface area contributed by atoms with Crippen molar-refractivity contribution in [1.82, 2.24) is 19.4 Å². The van der Waals surface area contributed by atoms with Crippen molar-refractivity contribution in [2.75, 3.05) is 5.32 Å². The first kappa shape index (κ1) is 19.8. The van der Waals surface area contributed by atoms with Gasteiger partial charge in [0, 0.05) is 5.56 Å². The van der Waals surface area contributed by atoms with E-state index >= 15 is 0 Å². The van der Waals surface area contributed by atoms with Crippen LogP contribution >= 0.6 is 11.6 Å². The lowest BCUT2D eigenvalue weighted by Crippen LogP contribution is -2.30. The molecule has 0 spiro atoms. The smallest absolute Gasteiger partial charge is 0.293 e. The molecule has 1 N–H and O–H groups in total. The highest BCUT2D eigenvalue weighted by Gasteiger charge is 2.14. The predicted molar refractivity (Wildman–Crippen MR) is 117 cm³/mol. The maximum atomic E-state index is 12.8. The minimum Gasteiger partial charge on any atom is -0.323 e. The van der Waals surface area contributed by atoms with E-state index in [4.69, 9.17) is 11.6 Å². The first-order valence-corrected chi connectivity index (χ1v) is 9.94. The van der Waals surface area contributed by atoms with E-state index in [1.54, 1.807) is 18.2 Å². The van der Waals surface area contributed by atoms with Gasteiger partial charge in [-0.25, -0.2) is 9.20 Å². The van der Waals surface area contributed by atoms with Gasteiger partial charge in [0.2, 0.25) is 5.91 Å². The molecule has 0 bridgehead atoms. The lowest BCUT2D eigenvalue weighted by Gasteiger charge is -2.10. The Labute approximate surface area is 177 Å². The number of carbonyl (C=O) groups is 1. The Hall–Kier alpha value is -3.45. The topological polar surface area (TPSA) is 81.3 Å². The number of aryl methyl sites for hydroxylation is 2. The van der Waals surface area contributed by atoms with Crippen LogP contribution in [0.4, 0.5) is 5.69 Å². The summed E-state index contributed by atoms with van der Waals surface area (Å²) in [6, 6.07) is 15.1. The number of nitrogens with one attached hydrogen (secondary N) is 1. The maximum absolute atomic E-state index is 12.8. The number of hydrogen-bond acceptors (Lipinski definition) is 4. The molecular weight excluding hydrogens is 402 g/mol. The zero-order valence-electron chi connectivity index (χ0n) is 16.6. The zero-order valence-corrected chi connectivity index (χ0v) is 17.3. The summed E-state index contributed by atoms with van der Waals surface area (Å²) in [4.78, 5) is 25.3. The standard InChI is InChI=1S/C22H20ClN5O2/c1-3-15-7-9-16(10-8-15)18-11-19-22(30)27(24-13-28(19)26-18)12-20(29)25-21-14(2)5-4-6-17(21)23/h4-11,13H,3,12H2,1-2H3,(H,25,29). The summed E-state index contributed by atoms with van der Waals surface area (Å²) in [5.74, 6) is -0.389. The van der Waals surface area contributed by atoms with E-state index in [9.17, 15) is 9.59 Å². The van der Waals surface area contributed by atoms with Gasteiger partial charge in [-0.05, 0) is 36.6 Å². The Morgan fingerprint density at radius 2 is 1.93 bits per heavy atom. The van der Waals surface area contributed by atoms with Gasteiger partial charge in [-0.15, -0.1) is 0 Å². The van der Waals surface area contributed by atoms with Gasteiger partial charge >= 0.3 is 0 Å². The molecule has 2 heterocycles. The fraction of sp³-hybridized carbons (Fsp3) is 0.182. The van der Waals surface area contributed by atoms with Crippen LogP contribution in [-0.2, 0) is 17.8 Å². The summed E-state index contributed by atoms with van der Waals surface area (Å²) >= 11 is 6.16. The van der Waals surface area contributed by atoms with E-state index in [1.807, 2.05) is 37.3 Å². The summed E-state index contributed by atoms with van der Waals surface area (Å²) in [6.45, 7) is 3.71. The molecule has 0 fully saturated rings. The fourth-order valence-electron chi connectivity index (χ4n) is 3.21. The number of halogens is 1. The lowest BCUT2D eigenvalue weighted by atomic mass is 10.1. The second-order valence-electron chi connectivity index (χ2n) is 6.98. The molecule has 2 aromatic carbocycles. The molecule has 0 saturated heterocycles. The van der Waals surface area contributed by atoms with Crippen molar-refractivity contribution in [3.8, 4) is 11.3 Å². The SMILES string of the molecule is CCc1ccc(-c2cc3c(=O)n(CC(=O)Nc4c(C)cccc4Cl)ncn3n2)cc1. The van der Waals surface area contributed by atoms with Crippen molar-refractivity contribution >= 4 is 28.7 Å². The molecule has 0 aliphatic carbocycles. The van der Waals surface area contributed by atoms with Crippen molar-refractivity contribution in [3.05, 3.63) is 81.4 Å². The van der Waals surface area contributed by atoms with Gasteiger partial charge < -0.3 is 5.32 Å². The van der Waals surface area contributed by atoms with Crippen molar-refractivity contribution in [1.29, 1.82) is 0 Å². The Balaban J connectivity index is 1.60. The Bertz CT molecular complexity index is 1270. The molecule has 0 atom stereocenters. The second kappa shape index (κ2) is 8.12.